The molecule has 2 amide bonds. The van der Waals surface area contributed by atoms with Crippen molar-refractivity contribution in [2.24, 2.45) is 11.3 Å². The average molecular weight is 535 g/mol. The van der Waals surface area contributed by atoms with Gasteiger partial charge in [-0.3, -0.25) is 19.2 Å². The number of nitrogens with one attached hydrogen (secondary N) is 2. The quantitative estimate of drug-likeness (QED) is 0.473. The van der Waals surface area contributed by atoms with Crippen molar-refractivity contribution in [2.75, 3.05) is 34.8 Å². The van der Waals surface area contributed by atoms with E-state index in [4.69, 9.17) is 4.98 Å². The molecule has 2 aromatic rings. The first-order chi connectivity index (χ1) is 18.3. The zero-order chi connectivity index (χ0) is 26.3. The van der Waals surface area contributed by atoms with Crippen molar-refractivity contribution in [1.29, 1.82) is 0 Å². The van der Waals surface area contributed by atoms with Crippen LogP contribution in [0.4, 0.5) is 17.5 Å². The van der Waals surface area contributed by atoms with Gasteiger partial charge < -0.3 is 10.2 Å². The fourth-order valence-electron chi connectivity index (χ4n) is 6.99. The van der Waals surface area contributed by atoms with Crippen LogP contribution in [-0.2, 0) is 4.79 Å². The van der Waals surface area contributed by atoms with Crippen LogP contribution in [0.3, 0.4) is 0 Å². The van der Waals surface area contributed by atoms with Crippen LogP contribution in [0.1, 0.15) is 82.0 Å². The van der Waals surface area contributed by atoms with E-state index in [1.54, 1.807) is 0 Å². The van der Waals surface area contributed by atoms with Gasteiger partial charge in [0.2, 0.25) is 5.91 Å². The molecule has 5 heterocycles. The Bertz CT molecular complexity index is 1230. The molecule has 6 rings (SSSR count). The molecule has 3 fully saturated rings. The Morgan fingerprint density at radius 2 is 1.84 bits per heavy atom. The third-order valence-electron chi connectivity index (χ3n) is 8.99. The van der Waals surface area contributed by atoms with Crippen molar-refractivity contribution < 1.29 is 9.59 Å². The predicted octanol–water partition coefficient (Wildman–Crippen LogP) is 5.41. The topological polar surface area (TPSA) is 90.5 Å². The number of nitrogens with zero attached hydrogens (tertiary/aromatic N) is 4. The number of carbonyl (C=O) groups is 2. The highest BCUT2D eigenvalue weighted by Crippen LogP contribution is 2.46. The molecule has 3 aliphatic heterocycles. The lowest BCUT2D eigenvalue weighted by Crippen LogP contribution is -2.41. The highest BCUT2D eigenvalue weighted by molar-refractivity contribution is 7.97. The molecule has 4 bridgehead atoms. The van der Waals surface area contributed by atoms with Gasteiger partial charge in [0.05, 0.1) is 11.0 Å². The molecule has 0 radical (unpaired) electrons. The van der Waals surface area contributed by atoms with E-state index in [-0.39, 0.29) is 22.8 Å². The highest BCUT2D eigenvalue weighted by atomic mass is 32.2. The monoisotopic (exact) mass is 534 g/mol. The van der Waals surface area contributed by atoms with Gasteiger partial charge in [-0.2, -0.15) is 0 Å². The molecule has 0 aromatic carbocycles. The van der Waals surface area contributed by atoms with Crippen molar-refractivity contribution in [3.63, 3.8) is 0 Å². The van der Waals surface area contributed by atoms with Gasteiger partial charge in [-0.05, 0) is 82.6 Å². The number of carbonyl (C=O) groups excluding carboxylic acids is 2. The summed E-state index contributed by atoms with van der Waals surface area (Å²) < 4.78 is 2.99. The minimum absolute atomic E-state index is 0.144. The summed E-state index contributed by atoms with van der Waals surface area (Å²) in [5.41, 5.74) is 0.180. The van der Waals surface area contributed by atoms with Crippen LogP contribution < -0.4 is 19.8 Å². The summed E-state index contributed by atoms with van der Waals surface area (Å²) in [6.45, 7) is 6.90. The van der Waals surface area contributed by atoms with Gasteiger partial charge in [-0.15, -0.1) is 0 Å². The molecule has 2 N–H and O–H groups in total. The Labute approximate surface area is 229 Å². The largest absolute Gasteiger partial charge is 0.370 e. The minimum Gasteiger partial charge on any atom is -0.370 e. The molecule has 2 aromatic heterocycles. The first kappa shape index (κ1) is 25.5. The van der Waals surface area contributed by atoms with Crippen LogP contribution in [0.25, 0.3) is 0 Å². The number of aromatic nitrogens is 2. The fraction of sp³-hybridized carbons (Fsp3) is 0.586. The van der Waals surface area contributed by atoms with E-state index in [1.165, 1.54) is 18.4 Å². The molecule has 1 saturated carbocycles. The first-order valence-corrected chi connectivity index (χ1v) is 15.0. The van der Waals surface area contributed by atoms with Crippen LogP contribution in [0.15, 0.2) is 35.4 Å². The maximum absolute atomic E-state index is 13.7. The number of rotatable bonds is 1. The molecule has 1 unspecified atom stereocenters. The summed E-state index contributed by atoms with van der Waals surface area (Å²) in [6.07, 6.45) is 9.53. The molecular weight excluding hydrogens is 496 g/mol. The Morgan fingerprint density at radius 1 is 1.00 bits per heavy atom. The lowest BCUT2D eigenvalue weighted by molar-refractivity contribution is -0.127. The fourth-order valence-corrected chi connectivity index (χ4v) is 7.59. The summed E-state index contributed by atoms with van der Waals surface area (Å²) in [4.78, 5) is 41.1. The van der Waals surface area contributed by atoms with Crippen LogP contribution in [0, 0.1) is 11.3 Å². The lowest BCUT2D eigenvalue weighted by atomic mass is 9.73. The van der Waals surface area contributed by atoms with Gasteiger partial charge in [0, 0.05) is 37.1 Å². The third-order valence-corrected chi connectivity index (χ3v) is 9.71. The summed E-state index contributed by atoms with van der Waals surface area (Å²) in [5, 5.41) is 4.16. The van der Waals surface area contributed by atoms with Gasteiger partial charge in [0.25, 0.3) is 5.91 Å². The Hall–Kier alpha value is -2.81. The zero-order valence-corrected chi connectivity index (χ0v) is 23.3. The number of hydrogen-bond donors (Lipinski definition) is 2. The van der Waals surface area contributed by atoms with Gasteiger partial charge in [0.15, 0.2) is 0 Å². The summed E-state index contributed by atoms with van der Waals surface area (Å²) in [5.74, 6) is 2.71. The van der Waals surface area contributed by atoms with Crippen molar-refractivity contribution in [2.45, 2.75) is 82.2 Å². The molecule has 9 heteroatoms. The Balaban J connectivity index is 1.35. The van der Waals surface area contributed by atoms with Crippen molar-refractivity contribution >= 4 is 41.2 Å². The highest BCUT2D eigenvalue weighted by Gasteiger charge is 2.48. The van der Waals surface area contributed by atoms with E-state index in [0.717, 1.165) is 75.3 Å². The molecule has 1 aliphatic carbocycles. The predicted molar refractivity (Wildman–Crippen MR) is 152 cm³/mol. The summed E-state index contributed by atoms with van der Waals surface area (Å²) in [7, 11) is 0. The van der Waals surface area contributed by atoms with E-state index in [9.17, 15) is 9.59 Å². The molecule has 38 heavy (non-hydrogen) atoms. The molecule has 2 saturated heterocycles. The second kappa shape index (κ2) is 10.1. The Morgan fingerprint density at radius 3 is 2.68 bits per heavy atom. The van der Waals surface area contributed by atoms with Gasteiger partial charge in [-0.1, -0.05) is 25.3 Å². The zero-order valence-electron chi connectivity index (χ0n) is 22.5. The number of pyridine rings is 2. The third kappa shape index (κ3) is 4.74. The maximum Gasteiger partial charge on any atom is 0.265 e. The number of amides is 2. The molecule has 1 atom stereocenters. The standard InChI is InChI=1S/C29H38N6O2S/c1-28(2)18-20-8-7-16-30-22-9-6-10-24(31-22)38-33-26(36)21-11-12-23(32-25(21)35(28)19-20)34-17-15-29(27(34)37)13-4-3-5-14-29/h6,9-12,20H,3-5,7-8,13-19H2,1-2H3,(H,30,31)(H,33,36). The summed E-state index contributed by atoms with van der Waals surface area (Å²) >= 11 is 1.22. The van der Waals surface area contributed by atoms with Crippen LogP contribution >= 0.6 is 11.9 Å². The second-order valence-corrected chi connectivity index (χ2v) is 12.9. The smallest absolute Gasteiger partial charge is 0.265 e. The van der Waals surface area contributed by atoms with Crippen molar-refractivity contribution in [3.8, 4) is 0 Å². The van der Waals surface area contributed by atoms with E-state index in [1.807, 2.05) is 35.2 Å². The molecule has 202 valence electrons. The van der Waals surface area contributed by atoms with Crippen LogP contribution in [0.5, 0.6) is 0 Å². The lowest BCUT2D eigenvalue weighted by Gasteiger charge is -2.34. The second-order valence-electron chi connectivity index (χ2n) is 12.0. The average Bonchev–Trinajstić information content (AvgIpc) is 3.40. The van der Waals surface area contributed by atoms with E-state index in [2.05, 4.69) is 33.8 Å². The Kier molecular flexibility index (Phi) is 6.74. The molecule has 1 spiro atoms. The van der Waals surface area contributed by atoms with E-state index >= 15 is 0 Å². The van der Waals surface area contributed by atoms with Crippen LogP contribution in [-0.4, -0.2) is 47.0 Å². The number of anilines is 3. The molecule has 8 nitrogen and oxygen atoms in total. The maximum atomic E-state index is 13.7. The number of hydrogen-bond acceptors (Lipinski definition) is 7. The summed E-state index contributed by atoms with van der Waals surface area (Å²) in [6, 6.07) is 9.53. The molecule has 4 aliphatic rings. The van der Waals surface area contributed by atoms with Gasteiger partial charge in [0.1, 0.15) is 22.5 Å². The van der Waals surface area contributed by atoms with Gasteiger partial charge in [-0.25, -0.2) is 9.97 Å². The van der Waals surface area contributed by atoms with Gasteiger partial charge >= 0.3 is 0 Å². The minimum atomic E-state index is -0.216. The first-order valence-electron chi connectivity index (χ1n) is 14.1. The van der Waals surface area contributed by atoms with Crippen LogP contribution in [0.2, 0.25) is 0 Å². The van der Waals surface area contributed by atoms with E-state index in [0.29, 0.717) is 29.7 Å². The van der Waals surface area contributed by atoms with Crippen molar-refractivity contribution in [1.82, 2.24) is 14.7 Å². The SMILES string of the molecule is CC1(C)CC2CCCNc3cccc(n3)SNC(=O)c3ccc(N4CCC5(CCCCC5)C4=O)nc3N1C2. The molecular formula is C29H38N6O2S. The number of fused-ring (bicyclic) bond motifs is 6. The van der Waals surface area contributed by atoms with Crippen molar-refractivity contribution in [3.05, 3.63) is 35.9 Å². The normalized spacial score (nSPS) is 24.8. The van der Waals surface area contributed by atoms with E-state index < -0.39 is 0 Å².